The molecule has 0 fully saturated rings. The fourth-order valence-electron chi connectivity index (χ4n) is 0.991. The number of rotatable bonds is 1. The normalized spacial score (nSPS) is 10.2. The Bertz CT molecular complexity index is 414. The number of benzene rings is 1. The third kappa shape index (κ3) is 1.46. The molecule has 0 saturated heterocycles. The topological polar surface area (TPSA) is 66.2 Å². The summed E-state index contributed by atoms with van der Waals surface area (Å²) < 4.78 is 0. The van der Waals surface area contributed by atoms with Crippen LogP contribution in [0.1, 0.15) is 0 Å². The van der Waals surface area contributed by atoms with Gasteiger partial charge in [0.2, 0.25) is 0 Å². The predicted octanol–water partition coefficient (Wildman–Crippen LogP) is 1.62. The molecule has 1 aromatic carbocycles. The van der Waals surface area contributed by atoms with Crippen molar-refractivity contribution in [2.24, 2.45) is 0 Å². The lowest BCUT2D eigenvalue weighted by Crippen LogP contribution is -1.77. The van der Waals surface area contributed by atoms with Crippen molar-refractivity contribution in [3.8, 4) is 22.1 Å². The zero-order valence-electron chi connectivity index (χ0n) is 6.51. The molecule has 0 saturated carbocycles. The Balaban J connectivity index is 2.53. The second-order valence-electron chi connectivity index (χ2n) is 2.45. The number of aromatic hydroxyl groups is 2. The van der Waals surface area contributed by atoms with Crippen molar-refractivity contribution in [1.82, 2.24) is 10.2 Å². The first-order valence-corrected chi connectivity index (χ1v) is 4.44. The average molecular weight is 194 g/mol. The SMILES string of the molecule is Oc1ccc(-c2nncs2)c(O)c1. The van der Waals surface area contributed by atoms with Gasteiger partial charge in [0.25, 0.3) is 0 Å². The summed E-state index contributed by atoms with van der Waals surface area (Å²) >= 11 is 1.33. The monoisotopic (exact) mass is 194 g/mol. The number of phenolic OH excluding ortho intramolecular Hbond substituents is 2. The third-order valence-electron chi connectivity index (χ3n) is 1.57. The van der Waals surface area contributed by atoms with E-state index in [1.807, 2.05) is 0 Å². The molecule has 0 unspecified atom stereocenters. The van der Waals surface area contributed by atoms with Gasteiger partial charge < -0.3 is 10.2 Å². The molecule has 2 aromatic rings. The zero-order valence-corrected chi connectivity index (χ0v) is 7.32. The van der Waals surface area contributed by atoms with E-state index >= 15 is 0 Å². The van der Waals surface area contributed by atoms with Gasteiger partial charge in [-0.25, -0.2) is 0 Å². The number of nitrogens with zero attached hydrogens (tertiary/aromatic N) is 2. The van der Waals surface area contributed by atoms with E-state index in [1.165, 1.54) is 23.5 Å². The molecular formula is C8H6N2O2S. The van der Waals surface area contributed by atoms with Crippen LogP contribution < -0.4 is 0 Å². The van der Waals surface area contributed by atoms with E-state index in [0.29, 0.717) is 10.6 Å². The number of hydrogen-bond acceptors (Lipinski definition) is 5. The summed E-state index contributed by atoms with van der Waals surface area (Å²) in [6, 6.07) is 4.37. The fraction of sp³-hybridized carbons (Fsp3) is 0. The summed E-state index contributed by atoms with van der Waals surface area (Å²) in [6.45, 7) is 0. The molecule has 0 aliphatic rings. The second-order valence-corrected chi connectivity index (χ2v) is 3.28. The van der Waals surface area contributed by atoms with Gasteiger partial charge >= 0.3 is 0 Å². The van der Waals surface area contributed by atoms with E-state index in [1.54, 1.807) is 11.6 Å². The maximum Gasteiger partial charge on any atom is 0.151 e. The Morgan fingerprint density at radius 3 is 2.69 bits per heavy atom. The summed E-state index contributed by atoms with van der Waals surface area (Å²) in [5.41, 5.74) is 2.17. The van der Waals surface area contributed by atoms with Gasteiger partial charge in [-0.15, -0.1) is 10.2 Å². The highest BCUT2D eigenvalue weighted by atomic mass is 32.1. The first-order chi connectivity index (χ1) is 6.27. The Morgan fingerprint density at radius 1 is 1.23 bits per heavy atom. The van der Waals surface area contributed by atoms with Crippen LogP contribution in [-0.2, 0) is 0 Å². The molecule has 13 heavy (non-hydrogen) atoms. The van der Waals surface area contributed by atoms with Gasteiger partial charge in [-0.3, -0.25) is 0 Å². The summed E-state index contributed by atoms with van der Waals surface area (Å²) in [6.07, 6.45) is 0. The second kappa shape index (κ2) is 3.02. The third-order valence-corrected chi connectivity index (χ3v) is 2.30. The Kier molecular flexibility index (Phi) is 1.86. The molecule has 5 heteroatoms. The number of phenols is 2. The van der Waals surface area contributed by atoms with Crippen molar-refractivity contribution in [2.75, 3.05) is 0 Å². The van der Waals surface area contributed by atoms with E-state index in [0.717, 1.165) is 0 Å². The van der Waals surface area contributed by atoms with Crippen molar-refractivity contribution >= 4 is 11.3 Å². The van der Waals surface area contributed by atoms with Crippen molar-refractivity contribution in [1.29, 1.82) is 0 Å². The summed E-state index contributed by atoms with van der Waals surface area (Å²) in [5, 5.41) is 26.6. The van der Waals surface area contributed by atoms with E-state index < -0.39 is 0 Å². The maximum absolute atomic E-state index is 9.44. The molecule has 0 radical (unpaired) electrons. The molecule has 2 N–H and O–H groups in total. The van der Waals surface area contributed by atoms with Gasteiger partial charge in [0, 0.05) is 6.07 Å². The van der Waals surface area contributed by atoms with Gasteiger partial charge in [0.05, 0.1) is 5.56 Å². The molecule has 1 aromatic heterocycles. The van der Waals surface area contributed by atoms with Gasteiger partial charge in [-0.05, 0) is 12.1 Å². The molecule has 1 heterocycles. The van der Waals surface area contributed by atoms with Crippen LogP contribution in [-0.4, -0.2) is 20.4 Å². The predicted molar refractivity (Wildman–Crippen MR) is 48.7 cm³/mol. The summed E-state index contributed by atoms with van der Waals surface area (Å²) in [7, 11) is 0. The largest absolute Gasteiger partial charge is 0.508 e. The van der Waals surface area contributed by atoms with Gasteiger partial charge in [0.1, 0.15) is 17.0 Å². The minimum absolute atomic E-state index is 0.0109. The Labute approximate surface area is 78.1 Å². The van der Waals surface area contributed by atoms with Gasteiger partial charge in [-0.1, -0.05) is 11.3 Å². The average Bonchev–Trinajstić information content (AvgIpc) is 2.56. The van der Waals surface area contributed by atoms with Gasteiger partial charge in [0.15, 0.2) is 5.01 Å². The van der Waals surface area contributed by atoms with E-state index in [9.17, 15) is 5.11 Å². The van der Waals surface area contributed by atoms with Crippen LogP contribution in [0.3, 0.4) is 0 Å². The smallest absolute Gasteiger partial charge is 0.151 e. The van der Waals surface area contributed by atoms with Crippen LogP contribution in [0.2, 0.25) is 0 Å². The summed E-state index contributed by atoms with van der Waals surface area (Å²) in [4.78, 5) is 0. The van der Waals surface area contributed by atoms with Gasteiger partial charge in [-0.2, -0.15) is 0 Å². The zero-order chi connectivity index (χ0) is 9.26. The van der Waals surface area contributed by atoms with E-state index in [-0.39, 0.29) is 11.5 Å². The summed E-state index contributed by atoms with van der Waals surface area (Å²) in [5.74, 6) is 0.0440. The molecule has 4 nitrogen and oxygen atoms in total. The maximum atomic E-state index is 9.44. The minimum Gasteiger partial charge on any atom is -0.508 e. The lowest BCUT2D eigenvalue weighted by Gasteiger charge is -1.99. The number of hydrogen-bond donors (Lipinski definition) is 2. The number of aromatic nitrogens is 2. The highest BCUT2D eigenvalue weighted by molar-refractivity contribution is 7.12. The van der Waals surface area contributed by atoms with E-state index in [2.05, 4.69) is 10.2 Å². The molecule has 2 rings (SSSR count). The standard InChI is InChI=1S/C8H6N2O2S/c11-5-1-2-6(7(12)3-5)8-10-9-4-13-8/h1-4,11-12H. The van der Waals surface area contributed by atoms with Crippen molar-refractivity contribution in [3.05, 3.63) is 23.7 Å². The van der Waals surface area contributed by atoms with Crippen LogP contribution in [0.15, 0.2) is 23.7 Å². The van der Waals surface area contributed by atoms with Crippen molar-refractivity contribution in [2.45, 2.75) is 0 Å². The van der Waals surface area contributed by atoms with Crippen LogP contribution in [0, 0.1) is 0 Å². The Hall–Kier alpha value is -1.62. The molecule has 0 spiro atoms. The molecular weight excluding hydrogens is 188 g/mol. The Morgan fingerprint density at radius 2 is 2.08 bits per heavy atom. The lowest BCUT2D eigenvalue weighted by molar-refractivity contribution is 0.452. The quantitative estimate of drug-likeness (QED) is 0.723. The molecule has 0 aliphatic heterocycles. The highest BCUT2D eigenvalue weighted by Gasteiger charge is 2.07. The van der Waals surface area contributed by atoms with Crippen LogP contribution >= 0.6 is 11.3 Å². The van der Waals surface area contributed by atoms with E-state index in [4.69, 9.17) is 5.11 Å². The van der Waals surface area contributed by atoms with Crippen molar-refractivity contribution < 1.29 is 10.2 Å². The highest BCUT2D eigenvalue weighted by Crippen LogP contribution is 2.32. The first-order valence-electron chi connectivity index (χ1n) is 3.56. The molecule has 0 aliphatic carbocycles. The van der Waals surface area contributed by atoms with Crippen LogP contribution in [0.5, 0.6) is 11.5 Å². The molecule has 66 valence electrons. The molecule has 0 bridgehead atoms. The lowest BCUT2D eigenvalue weighted by atomic mass is 10.2. The molecule has 0 atom stereocenters. The van der Waals surface area contributed by atoms with Crippen molar-refractivity contribution in [3.63, 3.8) is 0 Å². The van der Waals surface area contributed by atoms with Crippen LogP contribution in [0.25, 0.3) is 10.6 Å². The molecule has 0 amide bonds. The minimum atomic E-state index is 0.0109. The van der Waals surface area contributed by atoms with Crippen LogP contribution in [0.4, 0.5) is 0 Å². The first kappa shape index (κ1) is 8.00. The fourth-order valence-corrected chi connectivity index (χ4v) is 1.58.